The first-order valence-electron chi connectivity index (χ1n) is 6.33. The predicted octanol–water partition coefficient (Wildman–Crippen LogP) is 4.05. The molecular weight excluding hydrogens is 371 g/mol. The molecule has 0 aliphatic rings. The highest BCUT2D eigenvalue weighted by atomic mass is 35.5. The van der Waals surface area contributed by atoms with Gasteiger partial charge in [-0.1, -0.05) is 11.6 Å². The van der Waals surface area contributed by atoms with E-state index in [9.17, 15) is 21.6 Å². The maximum Gasteiger partial charge on any atom is 0.573 e. The molecule has 0 amide bonds. The second-order valence-electron chi connectivity index (χ2n) is 4.47. The van der Waals surface area contributed by atoms with Crippen LogP contribution in [0.5, 0.6) is 11.5 Å². The minimum Gasteiger partial charge on any atom is -0.495 e. The van der Waals surface area contributed by atoms with Gasteiger partial charge in [0, 0.05) is 0 Å². The zero-order valence-electron chi connectivity index (χ0n) is 12.1. The van der Waals surface area contributed by atoms with Crippen molar-refractivity contribution in [2.24, 2.45) is 0 Å². The molecule has 0 unspecified atom stereocenters. The van der Waals surface area contributed by atoms with Crippen LogP contribution < -0.4 is 14.2 Å². The van der Waals surface area contributed by atoms with Crippen LogP contribution in [0.4, 0.5) is 18.9 Å². The van der Waals surface area contributed by atoms with Crippen LogP contribution in [0.3, 0.4) is 0 Å². The lowest BCUT2D eigenvalue weighted by molar-refractivity contribution is -0.274. The summed E-state index contributed by atoms with van der Waals surface area (Å²) in [6.07, 6.45) is -4.85. The van der Waals surface area contributed by atoms with Gasteiger partial charge in [-0.05, 0) is 42.5 Å². The molecule has 0 bridgehead atoms. The van der Waals surface area contributed by atoms with Gasteiger partial charge in [0.15, 0.2) is 0 Å². The molecule has 0 aliphatic carbocycles. The third-order valence-corrected chi connectivity index (χ3v) is 4.46. The van der Waals surface area contributed by atoms with Crippen molar-refractivity contribution in [1.29, 1.82) is 0 Å². The zero-order valence-corrected chi connectivity index (χ0v) is 13.7. The molecule has 0 fully saturated rings. The number of ether oxygens (including phenoxy) is 2. The fourth-order valence-corrected chi connectivity index (χ4v) is 3.07. The molecule has 10 heteroatoms. The van der Waals surface area contributed by atoms with Gasteiger partial charge in [0.25, 0.3) is 10.0 Å². The van der Waals surface area contributed by atoms with E-state index in [1.165, 1.54) is 25.3 Å². The maximum absolute atomic E-state index is 12.2. The topological polar surface area (TPSA) is 64.6 Å². The lowest BCUT2D eigenvalue weighted by Crippen LogP contribution is -2.17. The van der Waals surface area contributed by atoms with E-state index < -0.39 is 22.1 Å². The van der Waals surface area contributed by atoms with Gasteiger partial charge in [-0.25, -0.2) is 8.42 Å². The van der Waals surface area contributed by atoms with E-state index in [1.807, 2.05) is 0 Å². The Morgan fingerprint density at radius 3 is 2.21 bits per heavy atom. The number of hydrogen-bond donors (Lipinski definition) is 1. The van der Waals surface area contributed by atoms with E-state index in [0.29, 0.717) is 5.75 Å². The van der Waals surface area contributed by atoms with Crippen molar-refractivity contribution in [3.63, 3.8) is 0 Å². The Morgan fingerprint density at radius 1 is 1.08 bits per heavy atom. The SMILES string of the molecule is COc1ccc(NS(=O)(=O)c2ccc(OC(F)(F)F)cc2)cc1Cl. The Bertz CT molecular complexity index is 823. The molecule has 0 atom stereocenters. The van der Waals surface area contributed by atoms with Gasteiger partial charge in [0.05, 0.1) is 22.7 Å². The average Bonchev–Trinajstić information content (AvgIpc) is 2.46. The van der Waals surface area contributed by atoms with Gasteiger partial charge in [-0.3, -0.25) is 4.72 Å². The highest BCUT2D eigenvalue weighted by Gasteiger charge is 2.31. The summed E-state index contributed by atoms with van der Waals surface area (Å²) in [4.78, 5) is -0.232. The third-order valence-electron chi connectivity index (χ3n) is 2.77. The number of alkyl halides is 3. The van der Waals surface area contributed by atoms with Crippen LogP contribution in [-0.4, -0.2) is 21.9 Å². The number of anilines is 1. The van der Waals surface area contributed by atoms with Crippen molar-refractivity contribution in [2.45, 2.75) is 11.3 Å². The van der Waals surface area contributed by atoms with Gasteiger partial charge in [-0.2, -0.15) is 0 Å². The number of halogens is 4. The fraction of sp³-hybridized carbons (Fsp3) is 0.143. The molecule has 2 aromatic carbocycles. The second kappa shape index (κ2) is 6.78. The van der Waals surface area contributed by atoms with Crippen molar-refractivity contribution in [2.75, 3.05) is 11.8 Å². The first-order chi connectivity index (χ1) is 11.1. The standard InChI is InChI=1S/C14H11ClF3NO4S/c1-22-13-7-2-9(8-12(13)15)19-24(20,21)11-5-3-10(4-6-11)23-14(16,17)18/h2-8,19H,1H3. The summed E-state index contributed by atoms with van der Waals surface area (Å²) >= 11 is 5.90. The number of rotatable bonds is 5. The summed E-state index contributed by atoms with van der Waals surface area (Å²) < 4.78 is 71.6. The third kappa shape index (κ3) is 4.68. The van der Waals surface area contributed by atoms with E-state index in [-0.39, 0.29) is 15.6 Å². The van der Waals surface area contributed by atoms with Crippen LogP contribution in [0, 0.1) is 0 Å². The van der Waals surface area contributed by atoms with Crippen LogP contribution in [0.2, 0.25) is 5.02 Å². The van der Waals surface area contributed by atoms with E-state index >= 15 is 0 Å². The molecule has 2 rings (SSSR count). The van der Waals surface area contributed by atoms with Crippen molar-refractivity contribution in [3.8, 4) is 11.5 Å². The molecular formula is C14H11ClF3NO4S. The second-order valence-corrected chi connectivity index (χ2v) is 6.56. The number of benzene rings is 2. The molecule has 5 nitrogen and oxygen atoms in total. The van der Waals surface area contributed by atoms with Crippen LogP contribution >= 0.6 is 11.6 Å². The van der Waals surface area contributed by atoms with E-state index in [0.717, 1.165) is 24.3 Å². The van der Waals surface area contributed by atoms with Crippen LogP contribution in [-0.2, 0) is 10.0 Å². The van der Waals surface area contributed by atoms with Gasteiger partial charge >= 0.3 is 6.36 Å². The smallest absolute Gasteiger partial charge is 0.495 e. The molecule has 1 N–H and O–H groups in total. The van der Waals surface area contributed by atoms with Crippen LogP contribution in [0.1, 0.15) is 0 Å². The number of methoxy groups -OCH3 is 1. The Hall–Kier alpha value is -2.13. The largest absolute Gasteiger partial charge is 0.573 e. The van der Waals surface area contributed by atoms with E-state index in [4.69, 9.17) is 16.3 Å². The summed E-state index contributed by atoms with van der Waals surface area (Å²) in [6.45, 7) is 0. The Morgan fingerprint density at radius 2 is 1.71 bits per heavy atom. The highest BCUT2D eigenvalue weighted by molar-refractivity contribution is 7.92. The van der Waals surface area contributed by atoms with Gasteiger partial charge in [0.1, 0.15) is 11.5 Å². The lowest BCUT2D eigenvalue weighted by Gasteiger charge is -2.11. The molecule has 130 valence electrons. The monoisotopic (exact) mass is 381 g/mol. The van der Waals surface area contributed by atoms with E-state index in [1.54, 1.807) is 0 Å². The predicted molar refractivity (Wildman–Crippen MR) is 81.9 cm³/mol. The molecule has 24 heavy (non-hydrogen) atoms. The van der Waals surface area contributed by atoms with Crippen LogP contribution in [0.25, 0.3) is 0 Å². The van der Waals surface area contributed by atoms with Crippen LogP contribution in [0.15, 0.2) is 47.4 Å². The quantitative estimate of drug-likeness (QED) is 0.848. The molecule has 0 aromatic heterocycles. The zero-order chi connectivity index (χ0) is 18.0. The molecule has 0 spiro atoms. The fourth-order valence-electron chi connectivity index (χ4n) is 1.76. The van der Waals surface area contributed by atoms with Gasteiger partial charge in [0.2, 0.25) is 0 Å². The first-order valence-corrected chi connectivity index (χ1v) is 8.19. The van der Waals surface area contributed by atoms with Gasteiger partial charge < -0.3 is 9.47 Å². The lowest BCUT2D eigenvalue weighted by atomic mass is 10.3. The molecule has 0 radical (unpaired) electrons. The summed E-state index contributed by atoms with van der Waals surface area (Å²) in [7, 11) is -2.58. The molecule has 0 saturated heterocycles. The summed E-state index contributed by atoms with van der Waals surface area (Å²) in [5.74, 6) is -0.151. The molecule has 0 saturated carbocycles. The average molecular weight is 382 g/mol. The van der Waals surface area contributed by atoms with E-state index in [2.05, 4.69) is 9.46 Å². The van der Waals surface area contributed by atoms with Gasteiger partial charge in [-0.15, -0.1) is 13.2 Å². The Labute approximate surface area is 141 Å². The highest BCUT2D eigenvalue weighted by Crippen LogP contribution is 2.29. The summed E-state index contributed by atoms with van der Waals surface area (Å²) in [6, 6.07) is 8.05. The minimum absolute atomic E-state index is 0.177. The number of nitrogens with one attached hydrogen (secondary N) is 1. The maximum atomic E-state index is 12.2. The minimum atomic E-state index is -4.85. The Balaban J connectivity index is 2.19. The Kier molecular flexibility index (Phi) is 5.14. The number of sulfonamides is 1. The molecule has 2 aromatic rings. The van der Waals surface area contributed by atoms with Crippen molar-refractivity contribution >= 4 is 27.3 Å². The molecule has 0 heterocycles. The van der Waals surface area contributed by atoms with Crippen molar-refractivity contribution in [1.82, 2.24) is 0 Å². The molecule has 0 aliphatic heterocycles. The summed E-state index contributed by atoms with van der Waals surface area (Å²) in [5, 5.41) is 0.201. The normalized spacial score (nSPS) is 11.9. The summed E-state index contributed by atoms with van der Waals surface area (Å²) in [5.41, 5.74) is 0.177. The van der Waals surface area contributed by atoms with Crippen molar-refractivity contribution < 1.29 is 31.1 Å². The van der Waals surface area contributed by atoms with Crippen molar-refractivity contribution in [3.05, 3.63) is 47.5 Å². The first kappa shape index (κ1) is 18.2. The number of hydrogen-bond acceptors (Lipinski definition) is 4.